The van der Waals surface area contributed by atoms with Crippen LogP contribution < -0.4 is 5.32 Å². The molecule has 0 bridgehead atoms. The van der Waals surface area contributed by atoms with Crippen LogP contribution in [0.25, 0.3) is 0 Å². The number of nitriles is 1. The molecular weight excluding hydrogens is 258 g/mol. The first-order chi connectivity index (χ1) is 9.60. The number of aryl methyl sites for hydroxylation is 1. The molecule has 7 nitrogen and oxygen atoms in total. The Bertz CT molecular complexity index is 693. The van der Waals surface area contributed by atoms with Gasteiger partial charge in [0.15, 0.2) is 0 Å². The first-order valence-corrected chi connectivity index (χ1v) is 5.81. The third-order valence-corrected chi connectivity index (χ3v) is 2.62. The van der Waals surface area contributed by atoms with Gasteiger partial charge in [-0.15, -0.1) is 0 Å². The van der Waals surface area contributed by atoms with E-state index in [4.69, 9.17) is 5.26 Å². The first kappa shape index (κ1) is 13.4. The molecule has 0 amide bonds. The molecule has 0 fully saturated rings. The minimum atomic E-state index is -0.571. The summed E-state index contributed by atoms with van der Waals surface area (Å²) in [5, 5.41) is 22.7. The van der Waals surface area contributed by atoms with E-state index in [9.17, 15) is 10.1 Å². The Labute approximate surface area is 115 Å². The topological polar surface area (TPSA) is 105 Å². The van der Waals surface area contributed by atoms with Gasteiger partial charge >= 0.3 is 0 Å². The number of anilines is 1. The number of aromatic nitrogens is 2. The maximum atomic E-state index is 10.9. The van der Waals surface area contributed by atoms with E-state index in [0.717, 1.165) is 5.69 Å². The molecule has 0 unspecified atom stereocenters. The van der Waals surface area contributed by atoms with Crippen molar-refractivity contribution >= 4 is 11.4 Å². The lowest BCUT2D eigenvalue weighted by Gasteiger charge is -2.06. The van der Waals surface area contributed by atoms with Crippen LogP contribution in [0.4, 0.5) is 11.4 Å². The summed E-state index contributed by atoms with van der Waals surface area (Å²) in [5.74, 6) is 0.662. The van der Waals surface area contributed by atoms with Gasteiger partial charge in [0.1, 0.15) is 17.5 Å². The summed E-state index contributed by atoms with van der Waals surface area (Å²) in [4.78, 5) is 18.5. The molecule has 1 N–H and O–H groups in total. The molecule has 2 aromatic rings. The normalized spacial score (nSPS) is 9.80. The highest BCUT2D eigenvalue weighted by Gasteiger charge is 2.14. The molecule has 7 heteroatoms. The van der Waals surface area contributed by atoms with Crippen molar-refractivity contribution in [3.63, 3.8) is 0 Å². The van der Waals surface area contributed by atoms with E-state index in [1.54, 1.807) is 31.3 Å². The Balaban J connectivity index is 2.16. The molecule has 20 heavy (non-hydrogen) atoms. The summed E-state index contributed by atoms with van der Waals surface area (Å²) >= 11 is 0. The maximum absolute atomic E-state index is 10.9. The summed E-state index contributed by atoms with van der Waals surface area (Å²) < 4.78 is 0. The van der Waals surface area contributed by atoms with Crippen LogP contribution in [-0.4, -0.2) is 14.9 Å². The highest BCUT2D eigenvalue weighted by atomic mass is 16.6. The SMILES string of the molecule is Cc1nccc(CNc2ccc(C#N)c([N+](=O)[O-])c2)n1. The second kappa shape index (κ2) is 5.75. The predicted octanol–water partition coefficient (Wildman–Crippen LogP) is 2.18. The Kier molecular flexibility index (Phi) is 3.86. The molecule has 0 atom stereocenters. The number of nitro benzene ring substituents is 1. The Morgan fingerprint density at radius 1 is 1.45 bits per heavy atom. The molecule has 100 valence electrons. The highest BCUT2D eigenvalue weighted by Crippen LogP contribution is 2.22. The monoisotopic (exact) mass is 269 g/mol. The third kappa shape index (κ3) is 3.05. The molecule has 0 radical (unpaired) electrons. The summed E-state index contributed by atoms with van der Waals surface area (Å²) in [7, 11) is 0. The number of nitrogens with one attached hydrogen (secondary N) is 1. The lowest BCUT2D eigenvalue weighted by molar-refractivity contribution is -0.385. The standard InChI is InChI=1S/C13H11N5O2/c1-9-15-5-4-12(17-9)8-16-11-3-2-10(7-14)13(6-11)18(19)20/h2-6,16H,8H2,1H3. The van der Waals surface area contributed by atoms with Crippen molar-refractivity contribution in [2.75, 3.05) is 5.32 Å². The molecule has 2 rings (SSSR count). The first-order valence-electron chi connectivity index (χ1n) is 5.81. The summed E-state index contributed by atoms with van der Waals surface area (Å²) in [5.41, 5.74) is 1.17. The number of benzene rings is 1. The summed E-state index contributed by atoms with van der Waals surface area (Å²) in [6, 6.07) is 7.94. The van der Waals surface area contributed by atoms with Crippen LogP contribution in [0.15, 0.2) is 30.5 Å². The van der Waals surface area contributed by atoms with Gasteiger partial charge < -0.3 is 5.32 Å². The van der Waals surface area contributed by atoms with Gasteiger partial charge in [-0.25, -0.2) is 9.97 Å². The quantitative estimate of drug-likeness (QED) is 0.673. The van der Waals surface area contributed by atoms with E-state index in [-0.39, 0.29) is 11.3 Å². The van der Waals surface area contributed by atoms with Crippen LogP contribution in [0.5, 0.6) is 0 Å². The molecule has 1 heterocycles. The minimum Gasteiger partial charge on any atom is -0.379 e. The predicted molar refractivity (Wildman–Crippen MR) is 71.9 cm³/mol. The zero-order chi connectivity index (χ0) is 14.5. The average Bonchev–Trinajstić information content (AvgIpc) is 2.45. The van der Waals surface area contributed by atoms with E-state index in [1.807, 2.05) is 0 Å². The molecule has 1 aromatic carbocycles. The van der Waals surface area contributed by atoms with Crippen LogP contribution in [0, 0.1) is 28.4 Å². The van der Waals surface area contributed by atoms with Crippen LogP contribution in [0.1, 0.15) is 17.1 Å². The van der Waals surface area contributed by atoms with Crippen molar-refractivity contribution in [3.8, 4) is 6.07 Å². The molecule has 0 saturated heterocycles. The number of rotatable bonds is 4. The van der Waals surface area contributed by atoms with Crippen molar-refractivity contribution in [1.29, 1.82) is 5.26 Å². The van der Waals surface area contributed by atoms with Crippen molar-refractivity contribution in [3.05, 3.63) is 57.7 Å². The Morgan fingerprint density at radius 2 is 2.25 bits per heavy atom. The van der Waals surface area contributed by atoms with E-state index >= 15 is 0 Å². The lowest BCUT2D eigenvalue weighted by atomic mass is 10.2. The Morgan fingerprint density at radius 3 is 2.90 bits per heavy atom. The number of hydrogen-bond acceptors (Lipinski definition) is 6. The van der Waals surface area contributed by atoms with Gasteiger partial charge in [-0.2, -0.15) is 5.26 Å². The molecule has 0 aliphatic carbocycles. The zero-order valence-electron chi connectivity index (χ0n) is 10.7. The molecule has 1 aromatic heterocycles. The van der Waals surface area contributed by atoms with Crippen LogP contribution in [0.3, 0.4) is 0 Å². The van der Waals surface area contributed by atoms with Gasteiger partial charge in [-0.05, 0) is 25.1 Å². The number of nitro groups is 1. The Hall–Kier alpha value is -3.01. The maximum Gasteiger partial charge on any atom is 0.289 e. The number of hydrogen-bond donors (Lipinski definition) is 1. The van der Waals surface area contributed by atoms with Crippen molar-refractivity contribution in [1.82, 2.24) is 9.97 Å². The van der Waals surface area contributed by atoms with Gasteiger partial charge in [0.25, 0.3) is 5.69 Å². The molecular formula is C13H11N5O2. The second-order valence-corrected chi connectivity index (χ2v) is 4.05. The van der Waals surface area contributed by atoms with Crippen LogP contribution in [0.2, 0.25) is 0 Å². The van der Waals surface area contributed by atoms with E-state index in [2.05, 4.69) is 15.3 Å². The van der Waals surface area contributed by atoms with E-state index in [0.29, 0.717) is 18.1 Å². The lowest BCUT2D eigenvalue weighted by Crippen LogP contribution is -2.04. The van der Waals surface area contributed by atoms with Crippen molar-refractivity contribution in [2.45, 2.75) is 13.5 Å². The smallest absolute Gasteiger partial charge is 0.289 e. The molecule has 0 aliphatic rings. The second-order valence-electron chi connectivity index (χ2n) is 4.05. The fraction of sp³-hybridized carbons (Fsp3) is 0.154. The van der Waals surface area contributed by atoms with Crippen molar-refractivity contribution in [2.24, 2.45) is 0 Å². The summed E-state index contributed by atoms with van der Waals surface area (Å²) in [6.07, 6.45) is 1.65. The third-order valence-electron chi connectivity index (χ3n) is 2.62. The van der Waals surface area contributed by atoms with Crippen molar-refractivity contribution < 1.29 is 4.92 Å². The van der Waals surface area contributed by atoms with Gasteiger partial charge in [-0.1, -0.05) is 0 Å². The van der Waals surface area contributed by atoms with Gasteiger partial charge in [0.05, 0.1) is 17.2 Å². The summed E-state index contributed by atoms with van der Waals surface area (Å²) in [6.45, 7) is 2.21. The fourth-order valence-corrected chi connectivity index (χ4v) is 1.68. The van der Waals surface area contributed by atoms with Gasteiger partial charge in [-0.3, -0.25) is 10.1 Å². The largest absolute Gasteiger partial charge is 0.379 e. The van der Waals surface area contributed by atoms with Gasteiger partial charge in [0.2, 0.25) is 0 Å². The van der Waals surface area contributed by atoms with Crippen LogP contribution >= 0.6 is 0 Å². The fourth-order valence-electron chi connectivity index (χ4n) is 1.68. The van der Waals surface area contributed by atoms with Gasteiger partial charge in [0, 0.05) is 18.0 Å². The molecule has 0 aliphatic heterocycles. The van der Waals surface area contributed by atoms with E-state index < -0.39 is 4.92 Å². The minimum absolute atomic E-state index is 0.0402. The molecule has 0 saturated carbocycles. The average molecular weight is 269 g/mol. The highest BCUT2D eigenvalue weighted by molar-refractivity contribution is 5.59. The van der Waals surface area contributed by atoms with Crippen LogP contribution in [-0.2, 0) is 6.54 Å². The zero-order valence-corrected chi connectivity index (χ0v) is 10.7. The van der Waals surface area contributed by atoms with E-state index in [1.165, 1.54) is 12.1 Å². The molecule has 0 spiro atoms. The number of nitrogens with zero attached hydrogens (tertiary/aromatic N) is 4.